The highest BCUT2D eigenvalue weighted by molar-refractivity contribution is 9.10. The molecule has 0 bridgehead atoms. The van der Waals surface area contributed by atoms with E-state index >= 15 is 0 Å². The number of carbonyl (C=O) groups is 1. The molecule has 0 amide bonds. The number of carboxylic acids is 1. The number of thiophene rings is 1. The first-order valence-electron chi connectivity index (χ1n) is 4.26. The number of carboxylic acid groups (broad SMARTS) is 1. The number of hydrogen-bond donors (Lipinski definition) is 1. The SMILES string of the molecule is O=C(O)c1ccc(-c2cccc(Br)c2)s1. The van der Waals surface area contributed by atoms with Crippen molar-refractivity contribution in [3.05, 3.63) is 45.7 Å². The van der Waals surface area contributed by atoms with Crippen molar-refractivity contribution in [2.75, 3.05) is 0 Å². The lowest BCUT2D eigenvalue weighted by Crippen LogP contribution is -1.89. The molecule has 1 heterocycles. The predicted octanol–water partition coefficient (Wildman–Crippen LogP) is 3.88. The minimum atomic E-state index is -0.874. The maximum absolute atomic E-state index is 10.7. The first-order valence-corrected chi connectivity index (χ1v) is 5.87. The van der Waals surface area contributed by atoms with Crippen molar-refractivity contribution in [1.29, 1.82) is 0 Å². The van der Waals surface area contributed by atoms with Gasteiger partial charge in [-0.25, -0.2) is 4.79 Å². The molecule has 0 saturated heterocycles. The minimum absolute atomic E-state index is 0.366. The van der Waals surface area contributed by atoms with Crippen LogP contribution in [0, 0.1) is 0 Å². The molecule has 15 heavy (non-hydrogen) atoms. The second-order valence-corrected chi connectivity index (χ2v) is 4.98. The van der Waals surface area contributed by atoms with Crippen molar-refractivity contribution in [2.24, 2.45) is 0 Å². The average molecular weight is 283 g/mol. The molecule has 1 N–H and O–H groups in total. The zero-order valence-electron chi connectivity index (χ0n) is 7.61. The molecule has 2 rings (SSSR count). The monoisotopic (exact) mass is 282 g/mol. The Morgan fingerprint density at radius 1 is 1.27 bits per heavy atom. The number of rotatable bonds is 2. The fourth-order valence-corrected chi connectivity index (χ4v) is 2.49. The lowest BCUT2D eigenvalue weighted by molar-refractivity contribution is 0.0702. The summed E-state index contributed by atoms with van der Waals surface area (Å²) in [5.41, 5.74) is 1.03. The van der Waals surface area contributed by atoms with E-state index in [0.29, 0.717) is 4.88 Å². The summed E-state index contributed by atoms with van der Waals surface area (Å²) >= 11 is 4.67. The summed E-state index contributed by atoms with van der Waals surface area (Å²) in [7, 11) is 0. The van der Waals surface area contributed by atoms with Gasteiger partial charge in [-0.15, -0.1) is 11.3 Å². The van der Waals surface area contributed by atoms with Crippen LogP contribution in [-0.4, -0.2) is 11.1 Å². The highest BCUT2D eigenvalue weighted by Gasteiger charge is 2.08. The summed E-state index contributed by atoms with van der Waals surface area (Å²) in [4.78, 5) is 12.0. The highest BCUT2D eigenvalue weighted by atomic mass is 79.9. The molecule has 0 atom stereocenters. The molecule has 1 aromatic carbocycles. The molecule has 0 fully saturated rings. The molecule has 1 aromatic heterocycles. The van der Waals surface area contributed by atoms with Gasteiger partial charge in [0.15, 0.2) is 0 Å². The Kier molecular flexibility index (Phi) is 2.88. The molecule has 0 unspecified atom stereocenters. The van der Waals surface area contributed by atoms with E-state index in [1.807, 2.05) is 30.3 Å². The van der Waals surface area contributed by atoms with Crippen molar-refractivity contribution in [3.63, 3.8) is 0 Å². The third kappa shape index (κ3) is 2.27. The van der Waals surface area contributed by atoms with Crippen molar-refractivity contribution >= 4 is 33.2 Å². The van der Waals surface area contributed by atoms with E-state index in [-0.39, 0.29) is 0 Å². The highest BCUT2D eigenvalue weighted by Crippen LogP contribution is 2.29. The van der Waals surface area contributed by atoms with Crippen LogP contribution in [0.15, 0.2) is 40.9 Å². The number of halogens is 1. The van der Waals surface area contributed by atoms with Gasteiger partial charge in [0.05, 0.1) is 0 Å². The van der Waals surface area contributed by atoms with E-state index in [9.17, 15) is 4.79 Å². The van der Waals surface area contributed by atoms with Crippen LogP contribution in [0.1, 0.15) is 9.67 Å². The van der Waals surface area contributed by atoms with E-state index in [1.54, 1.807) is 6.07 Å². The lowest BCUT2D eigenvalue weighted by Gasteiger charge is -1.96. The topological polar surface area (TPSA) is 37.3 Å². The van der Waals surface area contributed by atoms with E-state index in [2.05, 4.69) is 15.9 Å². The van der Waals surface area contributed by atoms with Crippen LogP contribution in [0.2, 0.25) is 0 Å². The maximum atomic E-state index is 10.7. The molecule has 0 aliphatic rings. The van der Waals surface area contributed by atoms with Gasteiger partial charge in [0.1, 0.15) is 4.88 Å². The summed E-state index contributed by atoms with van der Waals surface area (Å²) in [6, 6.07) is 11.3. The fraction of sp³-hybridized carbons (Fsp3) is 0. The lowest BCUT2D eigenvalue weighted by atomic mass is 10.2. The van der Waals surface area contributed by atoms with Crippen LogP contribution in [-0.2, 0) is 0 Å². The quantitative estimate of drug-likeness (QED) is 0.908. The van der Waals surface area contributed by atoms with Crippen LogP contribution in [0.4, 0.5) is 0 Å². The van der Waals surface area contributed by atoms with Gasteiger partial charge in [0.2, 0.25) is 0 Å². The van der Waals surface area contributed by atoms with Gasteiger partial charge < -0.3 is 5.11 Å². The second-order valence-electron chi connectivity index (χ2n) is 2.98. The Morgan fingerprint density at radius 3 is 2.67 bits per heavy atom. The van der Waals surface area contributed by atoms with Gasteiger partial charge in [-0.1, -0.05) is 28.1 Å². The summed E-state index contributed by atoms with van der Waals surface area (Å²) < 4.78 is 0.991. The summed E-state index contributed by atoms with van der Waals surface area (Å²) in [6.45, 7) is 0. The Hall–Kier alpha value is -1.13. The zero-order chi connectivity index (χ0) is 10.8. The Morgan fingerprint density at radius 2 is 2.07 bits per heavy atom. The fourth-order valence-electron chi connectivity index (χ4n) is 1.25. The van der Waals surface area contributed by atoms with E-state index in [4.69, 9.17) is 5.11 Å². The third-order valence-electron chi connectivity index (χ3n) is 1.93. The average Bonchev–Trinajstić information content (AvgIpc) is 2.66. The first kappa shape index (κ1) is 10.4. The third-order valence-corrected chi connectivity index (χ3v) is 3.54. The molecular formula is C11H7BrO2S. The molecular weight excluding hydrogens is 276 g/mol. The number of benzene rings is 1. The van der Waals surface area contributed by atoms with Crippen LogP contribution < -0.4 is 0 Å². The Balaban J connectivity index is 2.41. The van der Waals surface area contributed by atoms with Crippen LogP contribution in [0.5, 0.6) is 0 Å². The van der Waals surface area contributed by atoms with Gasteiger partial charge in [-0.05, 0) is 29.8 Å². The molecule has 0 radical (unpaired) electrons. The summed E-state index contributed by atoms with van der Waals surface area (Å²) in [6.07, 6.45) is 0. The van der Waals surface area contributed by atoms with Gasteiger partial charge in [0, 0.05) is 9.35 Å². The first-order chi connectivity index (χ1) is 7.16. The summed E-state index contributed by atoms with van der Waals surface area (Å²) in [5, 5.41) is 8.80. The van der Waals surface area contributed by atoms with Crippen molar-refractivity contribution in [3.8, 4) is 10.4 Å². The van der Waals surface area contributed by atoms with Crippen LogP contribution in [0.3, 0.4) is 0 Å². The molecule has 0 aliphatic carbocycles. The maximum Gasteiger partial charge on any atom is 0.345 e. The van der Waals surface area contributed by atoms with Crippen LogP contribution in [0.25, 0.3) is 10.4 Å². The van der Waals surface area contributed by atoms with Gasteiger partial charge in [-0.2, -0.15) is 0 Å². The largest absolute Gasteiger partial charge is 0.477 e. The van der Waals surface area contributed by atoms with Crippen molar-refractivity contribution in [2.45, 2.75) is 0 Å². The Labute approximate surface area is 99.3 Å². The molecule has 4 heteroatoms. The van der Waals surface area contributed by atoms with E-state index < -0.39 is 5.97 Å². The molecule has 2 aromatic rings. The number of hydrogen-bond acceptors (Lipinski definition) is 2. The van der Waals surface area contributed by atoms with Gasteiger partial charge in [0.25, 0.3) is 0 Å². The standard InChI is InChI=1S/C11H7BrO2S/c12-8-3-1-2-7(6-8)9-4-5-10(15-9)11(13)14/h1-6H,(H,13,14). The normalized spacial score (nSPS) is 10.2. The van der Waals surface area contributed by atoms with Gasteiger partial charge >= 0.3 is 5.97 Å². The molecule has 0 saturated carbocycles. The van der Waals surface area contributed by atoms with E-state index in [0.717, 1.165) is 14.9 Å². The molecule has 0 aliphatic heterocycles. The van der Waals surface area contributed by atoms with Crippen molar-refractivity contribution in [1.82, 2.24) is 0 Å². The Bertz CT molecular complexity index is 505. The van der Waals surface area contributed by atoms with E-state index in [1.165, 1.54) is 11.3 Å². The minimum Gasteiger partial charge on any atom is -0.477 e. The zero-order valence-corrected chi connectivity index (χ0v) is 10.0. The van der Waals surface area contributed by atoms with Gasteiger partial charge in [-0.3, -0.25) is 0 Å². The van der Waals surface area contributed by atoms with Crippen LogP contribution >= 0.6 is 27.3 Å². The second kappa shape index (κ2) is 4.16. The molecule has 76 valence electrons. The predicted molar refractivity (Wildman–Crippen MR) is 64.4 cm³/mol. The molecule has 0 spiro atoms. The molecule has 2 nitrogen and oxygen atoms in total. The smallest absolute Gasteiger partial charge is 0.345 e. The van der Waals surface area contributed by atoms with Crippen molar-refractivity contribution < 1.29 is 9.90 Å². The number of aromatic carboxylic acids is 1. The summed E-state index contributed by atoms with van der Waals surface area (Å²) in [5.74, 6) is -0.874.